The van der Waals surface area contributed by atoms with Crippen molar-refractivity contribution in [2.24, 2.45) is 0 Å². The number of fused-ring (bicyclic) bond motifs is 1. The Morgan fingerprint density at radius 2 is 2.06 bits per heavy atom. The quantitative estimate of drug-likeness (QED) is 0.840. The minimum Gasteiger partial charge on any atom is -0.441 e. The summed E-state index contributed by atoms with van der Waals surface area (Å²) < 4.78 is 29.3. The van der Waals surface area contributed by atoms with E-state index in [1.54, 1.807) is 25.1 Å². The molecule has 2 rings (SSSR count). The van der Waals surface area contributed by atoms with E-state index in [0.29, 0.717) is 17.0 Å². The maximum atomic E-state index is 11.9. The van der Waals surface area contributed by atoms with Gasteiger partial charge in [-0.1, -0.05) is 19.9 Å². The molecule has 0 aliphatic carbocycles. The lowest BCUT2D eigenvalue weighted by molar-refractivity contribution is 0.525. The number of oxazole rings is 1. The summed E-state index contributed by atoms with van der Waals surface area (Å²) in [6.07, 6.45) is 1.64. The average Bonchev–Trinajstić information content (AvgIpc) is 2.71. The number of sulfone groups is 1. The fourth-order valence-corrected chi connectivity index (χ4v) is 2.73. The van der Waals surface area contributed by atoms with Gasteiger partial charge in [0.05, 0.1) is 10.6 Å². The van der Waals surface area contributed by atoms with Crippen molar-refractivity contribution in [1.82, 2.24) is 4.98 Å². The zero-order valence-corrected chi connectivity index (χ0v) is 10.8. The molecule has 0 aliphatic rings. The van der Waals surface area contributed by atoms with Crippen LogP contribution in [0.4, 0.5) is 0 Å². The molecule has 1 aromatic heterocycles. The highest BCUT2D eigenvalue weighted by Crippen LogP contribution is 2.24. The molecule has 0 aliphatic heterocycles. The molecule has 0 spiro atoms. The Balaban J connectivity index is 2.65. The number of aromatic nitrogens is 1. The Hall–Kier alpha value is -1.36. The highest BCUT2D eigenvalue weighted by molar-refractivity contribution is 7.91. The summed E-state index contributed by atoms with van der Waals surface area (Å²) in [6.45, 7) is 3.65. The van der Waals surface area contributed by atoms with Gasteiger partial charge >= 0.3 is 0 Å². The summed E-state index contributed by atoms with van der Waals surface area (Å²) in [5, 5.41) is 0. The van der Waals surface area contributed by atoms with Gasteiger partial charge in [-0.25, -0.2) is 13.4 Å². The molecule has 92 valence electrons. The molecule has 1 heterocycles. The van der Waals surface area contributed by atoms with Crippen LogP contribution in [-0.4, -0.2) is 19.2 Å². The summed E-state index contributed by atoms with van der Waals surface area (Å²) in [5.74, 6) is 0.670. The van der Waals surface area contributed by atoms with Gasteiger partial charge in [-0.3, -0.25) is 0 Å². The van der Waals surface area contributed by atoms with Gasteiger partial charge in [0.2, 0.25) is 0 Å². The molecule has 17 heavy (non-hydrogen) atoms. The number of para-hydroxylation sites is 1. The molecule has 1 aromatic carbocycles. The van der Waals surface area contributed by atoms with Gasteiger partial charge in [0.25, 0.3) is 0 Å². The Morgan fingerprint density at radius 1 is 1.29 bits per heavy atom. The lowest BCUT2D eigenvalue weighted by Crippen LogP contribution is -2.04. The van der Waals surface area contributed by atoms with Crippen LogP contribution in [0.1, 0.15) is 26.2 Å². The minimum atomic E-state index is -3.25. The molecule has 0 unspecified atom stereocenters. The largest absolute Gasteiger partial charge is 0.441 e. The fourth-order valence-electron chi connectivity index (χ4n) is 1.70. The van der Waals surface area contributed by atoms with Crippen LogP contribution in [0.5, 0.6) is 0 Å². The number of benzene rings is 1. The monoisotopic (exact) mass is 253 g/mol. The van der Waals surface area contributed by atoms with E-state index in [0.717, 1.165) is 12.8 Å². The van der Waals surface area contributed by atoms with Gasteiger partial charge in [0, 0.05) is 6.42 Å². The molecule has 0 amide bonds. The third kappa shape index (κ3) is 2.20. The van der Waals surface area contributed by atoms with Gasteiger partial charge in [-0.05, 0) is 18.6 Å². The van der Waals surface area contributed by atoms with E-state index in [1.807, 2.05) is 6.92 Å². The van der Waals surface area contributed by atoms with E-state index in [-0.39, 0.29) is 10.6 Å². The molecular formula is C12H15NO3S. The van der Waals surface area contributed by atoms with Crippen molar-refractivity contribution in [2.75, 3.05) is 5.75 Å². The third-order valence-corrected chi connectivity index (χ3v) is 4.36. The zero-order chi connectivity index (χ0) is 12.5. The van der Waals surface area contributed by atoms with Crippen LogP contribution < -0.4 is 0 Å². The zero-order valence-electron chi connectivity index (χ0n) is 9.93. The molecule has 0 N–H and O–H groups in total. The van der Waals surface area contributed by atoms with Crippen LogP contribution in [0.3, 0.4) is 0 Å². The first-order chi connectivity index (χ1) is 8.08. The van der Waals surface area contributed by atoms with Crippen molar-refractivity contribution in [2.45, 2.75) is 31.6 Å². The van der Waals surface area contributed by atoms with Crippen molar-refractivity contribution in [3.63, 3.8) is 0 Å². The van der Waals surface area contributed by atoms with E-state index in [1.165, 1.54) is 0 Å². The predicted octanol–water partition coefficient (Wildman–Crippen LogP) is 2.57. The predicted molar refractivity (Wildman–Crippen MR) is 65.7 cm³/mol. The molecule has 0 fully saturated rings. The highest BCUT2D eigenvalue weighted by Gasteiger charge is 2.18. The molecule has 2 aromatic rings. The Kier molecular flexibility index (Phi) is 3.19. The number of hydrogen-bond donors (Lipinski definition) is 0. The number of aryl methyl sites for hydroxylation is 1. The normalized spacial score (nSPS) is 12.1. The smallest absolute Gasteiger partial charge is 0.195 e. The van der Waals surface area contributed by atoms with Gasteiger partial charge < -0.3 is 4.42 Å². The highest BCUT2D eigenvalue weighted by atomic mass is 32.2. The number of hydrogen-bond acceptors (Lipinski definition) is 4. The van der Waals surface area contributed by atoms with Crippen LogP contribution in [0, 0.1) is 0 Å². The summed E-state index contributed by atoms with van der Waals surface area (Å²) in [5.41, 5.74) is 1.00. The molecule has 0 saturated heterocycles. The van der Waals surface area contributed by atoms with Crippen LogP contribution in [-0.2, 0) is 16.3 Å². The van der Waals surface area contributed by atoms with E-state index >= 15 is 0 Å². The molecule has 0 radical (unpaired) electrons. The number of rotatable bonds is 4. The van der Waals surface area contributed by atoms with E-state index in [9.17, 15) is 8.42 Å². The molecule has 0 saturated carbocycles. The number of nitrogens with zero attached hydrogens (tertiary/aromatic N) is 1. The summed E-state index contributed by atoms with van der Waals surface area (Å²) in [6, 6.07) is 5.02. The SMILES string of the molecule is CCCc1nc2c(S(=O)(=O)CC)cccc2o1. The maximum Gasteiger partial charge on any atom is 0.195 e. The lowest BCUT2D eigenvalue weighted by atomic mass is 10.3. The Labute approximate surface area is 101 Å². The van der Waals surface area contributed by atoms with E-state index in [2.05, 4.69) is 4.98 Å². The topological polar surface area (TPSA) is 60.2 Å². The minimum absolute atomic E-state index is 0.0715. The van der Waals surface area contributed by atoms with Crippen LogP contribution in [0.2, 0.25) is 0 Å². The van der Waals surface area contributed by atoms with Gasteiger partial charge in [0.1, 0.15) is 5.52 Å². The van der Waals surface area contributed by atoms with Crippen LogP contribution in [0.25, 0.3) is 11.1 Å². The summed E-state index contributed by atoms with van der Waals surface area (Å²) in [4.78, 5) is 4.54. The van der Waals surface area contributed by atoms with Crippen molar-refractivity contribution >= 4 is 20.9 Å². The Morgan fingerprint density at radius 3 is 2.71 bits per heavy atom. The second-order valence-electron chi connectivity index (χ2n) is 3.86. The first-order valence-electron chi connectivity index (χ1n) is 5.69. The lowest BCUT2D eigenvalue weighted by Gasteiger charge is -2.00. The van der Waals surface area contributed by atoms with Gasteiger partial charge in [-0.2, -0.15) is 0 Å². The van der Waals surface area contributed by atoms with Crippen LogP contribution >= 0.6 is 0 Å². The Bertz CT molecular complexity index is 628. The van der Waals surface area contributed by atoms with Crippen molar-refractivity contribution in [1.29, 1.82) is 0 Å². The molecule has 0 atom stereocenters. The maximum absolute atomic E-state index is 11.9. The molecule has 5 heteroatoms. The van der Waals surface area contributed by atoms with E-state index < -0.39 is 9.84 Å². The second kappa shape index (κ2) is 4.49. The molecule has 4 nitrogen and oxygen atoms in total. The summed E-state index contributed by atoms with van der Waals surface area (Å²) in [7, 11) is -3.25. The van der Waals surface area contributed by atoms with Crippen molar-refractivity contribution in [3.8, 4) is 0 Å². The van der Waals surface area contributed by atoms with Gasteiger partial charge in [-0.15, -0.1) is 0 Å². The fraction of sp³-hybridized carbons (Fsp3) is 0.417. The molecule has 0 bridgehead atoms. The van der Waals surface area contributed by atoms with Crippen molar-refractivity contribution < 1.29 is 12.8 Å². The van der Waals surface area contributed by atoms with Crippen molar-refractivity contribution in [3.05, 3.63) is 24.1 Å². The summed E-state index contributed by atoms with van der Waals surface area (Å²) >= 11 is 0. The van der Waals surface area contributed by atoms with Gasteiger partial charge in [0.15, 0.2) is 21.3 Å². The average molecular weight is 253 g/mol. The standard InChI is InChI=1S/C12H15NO3S/c1-3-6-11-13-12-9(16-11)7-5-8-10(12)17(14,15)4-2/h5,7-8H,3-4,6H2,1-2H3. The first kappa shape index (κ1) is 12.1. The molecular weight excluding hydrogens is 238 g/mol. The van der Waals surface area contributed by atoms with E-state index in [4.69, 9.17) is 4.42 Å². The third-order valence-electron chi connectivity index (χ3n) is 2.61. The second-order valence-corrected chi connectivity index (χ2v) is 6.11. The first-order valence-corrected chi connectivity index (χ1v) is 7.35. The van der Waals surface area contributed by atoms with Crippen LogP contribution in [0.15, 0.2) is 27.5 Å².